The van der Waals surface area contributed by atoms with Gasteiger partial charge in [0.25, 0.3) is 0 Å². The maximum absolute atomic E-state index is 12.3. The van der Waals surface area contributed by atoms with Crippen LogP contribution in [0, 0.1) is 0 Å². The van der Waals surface area contributed by atoms with Gasteiger partial charge in [0, 0.05) is 25.2 Å². The molecule has 0 unspecified atom stereocenters. The van der Waals surface area contributed by atoms with E-state index >= 15 is 0 Å². The van der Waals surface area contributed by atoms with Crippen molar-refractivity contribution in [2.24, 2.45) is 0 Å². The van der Waals surface area contributed by atoms with Crippen molar-refractivity contribution in [1.29, 1.82) is 0 Å². The smallest absolute Gasteiger partial charge is 0.407 e. The first-order valence-electron chi connectivity index (χ1n) is 10.2. The van der Waals surface area contributed by atoms with Crippen LogP contribution in [0.4, 0.5) is 4.79 Å². The first-order valence-corrected chi connectivity index (χ1v) is 10.2. The number of alkyl carbamates (subject to hydrolysis) is 1. The molecule has 1 N–H and O–H groups in total. The zero-order chi connectivity index (χ0) is 20.0. The second-order valence-corrected chi connectivity index (χ2v) is 8.63. The van der Waals surface area contributed by atoms with Gasteiger partial charge < -0.3 is 10.1 Å². The number of ether oxygens (including phenoxy) is 1. The fourth-order valence-corrected chi connectivity index (χ4v) is 3.93. The van der Waals surface area contributed by atoms with Crippen LogP contribution < -0.4 is 5.32 Å². The van der Waals surface area contributed by atoms with Crippen molar-refractivity contribution in [2.75, 3.05) is 0 Å². The zero-order valence-electron chi connectivity index (χ0n) is 17.2. The van der Waals surface area contributed by atoms with Crippen molar-refractivity contribution in [3.05, 3.63) is 71.8 Å². The Hall–Kier alpha value is -2.33. The summed E-state index contributed by atoms with van der Waals surface area (Å²) in [6.07, 6.45) is 2.87. The third-order valence-corrected chi connectivity index (χ3v) is 5.11. The number of carbonyl (C=O) groups excluding carboxylic acids is 1. The summed E-state index contributed by atoms with van der Waals surface area (Å²) in [5.74, 6) is 0. The number of hydrogen-bond acceptors (Lipinski definition) is 3. The number of nitrogens with one attached hydrogen (secondary N) is 1. The Bertz CT molecular complexity index is 699. The van der Waals surface area contributed by atoms with Gasteiger partial charge in [0.15, 0.2) is 0 Å². The minimum Gasteiger partial charge on any atom is -0.444 e. The Balaban J connectivity index is 1.74. The largest absolute Gasteiger partial charge is 0.444 e. The molecule has 1 fully saturated rings. The highest BCUT2D eigenvalue weighted by Crippen LogP contribution is 2.27. The lowest BCUT2D eigenvalue weighted by Crippen LogP contribution is -2.49. The molecule has 1 amide bonds. The molecule has 3 rings (SSSR count). The molecule has 2 aromatic rings. The Morgan fingerprint density at radius 2 is 1.50 bits per heavy atom. The van der Waals surface area contributed by atoms with Crippen LogP contribution in [0.5, 0.6) is 0 Å². The van der Waals surface area contributed by atoms with Crippen LogP contribution in [-0.2, 0) is 17.8 Å². The third-order valence-electron chi connectivity index (χ3n) is 5.11. The molecule has 4 heteroatoms. The molecule has 1 saturated carbocycles. The van der Waals surface area contributed by atoms with E-state index in [2.05, 4.69) is 58.7 Å². The third kappa shape index (κ3) is 6.10. The summed E-state index contributed by atoms with van der Waals surface area (Å²) in [6.45, 7) is 7.43. The van der Waals surface area contributed by atoms with Crippen molar-refractivity contribution in [3.8, 4) is 0 Å². The Morgan fingerprint density at radius 1 is 0.964 bits per heavy atom. The van der Waals surface area contributed by atoms with E-state index in [9.17, 15) is 4.79 Å². The summed E-state index contributed by atoms with van der Waals surface area (Å²) in [7, 11) is 0. The molecule has 0 bridgehead atoms. The first kappa shape index (κ1) is 20.4. The van der Waals surface area contributed by atoms with Gasteiger partial charge in [-0.1, -0.05) is 60.7 Å². The van der Waals surface area contributed by atoms with E-state index in [4.69, 9.17) is 4.74 Å². The summed E-state index contributed by atoms with van der Waals surface area (Å²) in [4.78, 5) is 14.8. The van der Waals surface area contributed by atoms with Gasteiger partial charge in [-0.05, 0) is 51.2 Å². The number of benzene rings is 2. The molecule has 0 spiro atoms. The number of nitrogens with zero attached hydrogens (tertiary/aromatic N) is 1. The molecule has 1 aliphatic carbocycles. The molecule has 0 aromatic heterocycles. The molecule has 4 nitrogen and oxygen atoms in total. The molecule has 0 heterocycles. The van der Waals surface area contributed by atoms with Gasteiger partial charge in [0.2, 0.25) is 0 Å². The van der Waals surface area contributed by atoms with Gasteiger partial charge in [-0.15, -0.1) is 0 Å². The van der Waals surface area contributed by atoms with Gasteiger partial charge in [-0.2, -0.15) is 0 Å². The zero-order valence-corrected chi connectivity index (χ0v) is 17.2. The second-order valence-electron chi connectivity index (χ2n) is 8.63. The summed E-state index contributed by atoms with van der Waals surface area (Å²) in [6, 6.07) is 21.5. The minimum atomic E-state index is -0.480. The van der Waals surface area contributed by atoms with E-state index in [1.165, 1.54) is 11.1 Å². The van der Waals surface area contributed by atoms with Crippen molar-refractivity contribution in [1.82, 2.24) is 10.2 Å². The maximum atomic E-state index is 12.3. The van der Waals surface area contributed by atoms with Crippen LogP contribution in [0.2, 0.25) is 0 Å². The van der Waals surface area contributed by atoms with Crippen LogP contribution >= 0.6 is 0 Å². The standard InChI is InChI=1S/C24H32N2O2/c1-24(2,3)28-23(27)25-21-15-10-16-22(21)26(17-19-11-6-4-7-12-19)18-20-13-8-5-9-14-20/h4-9,11-14,21-22H,10,15-18H2,1-3H3,(H,25,27)/t21-,22-/m1/s1. The number of rotatable bonds is 6. The fraction of sp³-hybridized carbons (Fsp3) is 0.458. The number of carbonyl (C=O) groups is 1. The SMILES string of the molecule is CC(C)(C)OC(=O)N[C@@H]1CCC[C@H]1N(Cc1ccccc1)Cc1ccccc1. The Kier molecular flexibility index (Phi) is 6.74. The molecular weight excluding hydrogens is 348 g/mol. The van der Waals surface area contributed by atoms with E-state index in [-0.39, 0.29) is 12.1 Å². The molecule has 1 aliphatic rings. The predicted molar refractivity (Wildman–Crippen MR) is 113 cm³/mol. The van der Waals surface area contributed by atoms with Crippen molar-refractivity contribution in [2.45, 2.75) is 70.8 Å². The number of amides is 1. The molecule has 150 valence electrons. The molecule has 0 radical (unpaired) electrons. The van der Waals surface area contributed by atoms with E-state index < -0.39 is 5.60 Å². The Labute approximate surface area is 168 Å². The maximum Gasteiger partial charge on any atom is 0.407 e. The van der Waals surface area contributed by atoms with Gasteiger partial charge in [0.1, 0.15) is 5.60 Å². The topological polar surface area (TPSA) is 41.6 Å². The lowest BCUT2D eigenvalue weighted by Gasteiger charge is -2.34. The first-order chi connectivity index (χ1) is 13.4. The molecule has 2 aromatic carbocycles. The van der Waals surface area contributed by atoms with Crippen LogP contribution in [0.1, 0.15) is 51.2 Å². The van der Waals surface area contributed by atoms with Crippen LogP contribution in [-0.4, -0.2) is 28.7 Å². The normalized spacial score (nSPS) is 19.6. The van der Waals surface area contributed by atoms with Crippen LogP contribution in [0.25, 0.3) is 0 Å². The molecule has 0 saturated heterocycles. The quantitative estimate of drug-likeness (QED) is 0.755. The summed E-state index contributed by atoms with van der Waals surface area (Å²) in [5.41, 5.74) is 2.11. The molecular formula is C24H32N2O2. The lowest BCUT2D eigenvalue weighted by molar-refractivity contribution is 0.0467. The van der Waals surface area contributed by atoms with E-state index in [0.717, 1.165) is 32.4 Å². The predicted octanol–water partition coefficient (Wildman–Crippen LogP) is 5.13. The number of hydrogen-bond donors (Lipinski definition) is 1. The van der Waals surface area contributed by atoms with Crippen molar-refractivity contribution in [3.63, 3.8) is 0 Å². The highest BCUT2D eigenvalue weighted by atomic mass is 16.6. The summed E-state index contributed by atoms with van der Waals surface area (Å²) < 4.78 is 5.50. The molecule has 28 heavy (non-hydrogen) atoms. The summed E-state index contributed by atoms with van der Waals surface area (Å²) >= 11 is 0. The monoisotopic (exact) mass is 380 g/mol. The van der Waals surface area contributed by atoms with Crippen molar-refractivity contribution < 1.29 is 9.53 Å². The average molecular weight is 381 g/mol. The van der Waals surface area contributed by atoms with Gasteiger partial charge in [0.05, 0.1) is 0 Å². The Morgan fingerprint density at radius 3 is 2.00 bits per heavy atom. The van der Waals surface area contributed by atoms with E-state index in [1.807, 2.05) is 32.9 Å². The van der Waals surface area contributed by atoms with E-state index in [0.29, 0.717) is 6.04 Å². The highest BCUT2D eigenvalue weighted by molar-refractivity contribution is 5.68. The fourth-order valence-electron chi connectivity index (χ4n) is 3.93. The second kappa shape index (κ2) is 9.24. The van der Waals surface area contributed by atoms with Crippen molar-refractivity contribution >= 4 is 6.09 Å². The van der Waals surface area contributed by atoms with Gasteiger partial charge in [-0.25, -0.2) is 4.79 Å². The molecule has 2 atom stereocenters. The van der Waals surface area contributed by atoms with Crippen LogP contribution in [0.15, 0.2) is 60.7 Å². The van der Waals surface area contributed by atoms with Crippen LogP contribution in [0.3, 0.4) is 0 Å². The lowest BCUT2D eigenvalue weighted by atomic mass is 10.1. The van der Waals surface area contributed by atoms with Gasteiger partial charge in [-0.3, -0.25) is 4.90 Å². The molecule has 0 aliphatic heterocycles. The van der Waals surface area contributed by atoms with E-state index in [1.54, 1.807) is 0 Å². The van der Waals surface area contributed by atoms with Gasteiger partial charge >= 0.3 is 6.09 Å². The average Bonchev–Trinajstić information content (AvgIpc) is 3.09. The highest BCUT2D eigenvalue weighted by Gasteiger charge is 2.34. The summed E-state index contributed by atoms with van der Waals surface area (Å²) in [5, 5.41) is 3.13. The minimum absolute atomic E-state index is 0.113.